The van der Waals surface area contributed by atoms with Gasteiger partial charge in [-0.05, 0) is 27.2 Å². The Morgan fingerprint density at radius 1 is 1.44 bits per heavy atom. The predicted octanol–water partition coefficient (Wildman–Crippen LogP) is 2.00. The molecule has 0 aromatic rings. The number of hydrogen-bond donors (Lipinski definition) is 1. The second-order valence-electron chi connectivity index (χ2n) is 5.34. The van der Waals surface area contributed by atoms with E-state index in [1.54, 1.807) is 0 Å². The smallest absolute Gasteiger partial charge is 0.410 e. The topological polar surface area (TPSA) is 41.6 Å². The van der Waals surface area contributed by atoms with Crippen LogP contribution in [-0.4, -0.2) is 42.3 Å². The first-order valence-electron chi connectivity index (χ1n) is 6.14. The van der Waals surface area contributed by atoms with Crippen molar-refractivity contribution < 1.29 is 9.53 Å². The number of ether oxygens (including phenoxy) is 1. The van der Waals surface area contributed by atoms with Gasteiger partial charge in [0.05, 0.1) is 6.04 Å². The maximum Gasteiger partial charge on any atom is 0.410 e. The first-order valence-corrected chi connectivity index (χ1v) is 6.14. The van der Waals surface area contributed by atoms with E-state index in [-0.39, 0.29) is 6.09 Å². The molecule has 16 heavy (non-hydrogen) atoms. The lowest BCUT2D eigenvalue weighted by Crippen LogP contribution is -2.59. The fourth-order valence-corrected chi connectivity index (χ4v) is 1.57. The normalized spacial score (nSPS) is 16.8. The van der Waals surface area contributed by atoms with Gasteiger partial charge in [-0.1, -0.05) is 13.3 Å². The van der Waals surface area contributed by atoms with E-state index in [1.807, 2.05) is 25.7 Å². The zero-order valence-corrected chi connectivity index (χ0v) is 10.9. The highest BCUT2D eigenvalue weighted by atomic mass is 16.6. The molecule has 1 aliphatic heterocycles. The third kappa shape index (κ3) is 4.00. The third-order valence-electron chi connectivity index (χ3n) is 2.58. The van der Waals surface area contributed by atoms with Gasteiger partial charge < -0.3 is 15.0 Å². The third-order valence-corrected chi connectivity index (χ3v) is 2.58. The highest BCUT2D eigenvalue weighted by Gasteiger charge is 2.31. The molecule has 0 aromatic carbocycles. The van der Waals surface area contributed by atoms with Crippen LogP contribution in [0.15, 0.2) is 0 Å². The van der Waals surface area contributed by atoms with Crippen LogP contribution in [0, 0.1) is 0 Å². The van der Waals surface area contributed by atoms with Gasteiger partial charge in [0.2, 0.25) is 0 Å². The quantitative estimate of drug-likeness (QED) is 0.800. The maximum atomic E-state index is 12.0. The van der Waals surface area contributed by atoms with Crippen LogP contribution in [0.1, 0.15) is 40.5 Å². The first-order chi connectivity index (χ1) is 7.44. The van der Waals surface area contributed by atoms with Crippen LogP contribution in [0.3, 0.4) is 0 Å². The Hall–Kier alpha value is -0.770. The largest absolute Gasteiger partial charge is 0.444 e. The fourth-order valence-electron chi connectivity index (χ4n) is 1.57. The summed E-state index contributed by atoms with van der Waals surface area (Å²) >= 11 is 0. The molecule has 0 aliphatic carbocycles. The first kappa shape index (κ1) is 13.3. The van der Waals surface area contributed by atoms with Crippen molar-refractivity contribution in [1.82, 2.24) is 10.2 Å². The standard InChI is InChI=1S/C12H24N2O2/c1-5-6-7-14(10-8-13-9-10)11(15)16-12(2,3)4/h10,13H,5-9H2,1-4H3. The lowest BCUT2D eigenvalue weighted by atomic mass is 10.1. The Kier molecular flexibility index (Phi) is 4.59. The van der Waals surface area contributed by atoms with E-state index >= 15 is 0 Å². The van der Waals surface area contributed by atoms with Gasteiger partial charge in [-0.25, -0.2) is 4.79 Å². The highest BCUT2D eigenvalue weighted by molar-refractivity contribution is 5.68. The van der Waals surface area contributed by atoms with Crippen LogP contribution in [-0.2, 0) is 4.74 Å². The van der Waals surface area contributed by atoms with Crippen molar-refractivity contribution in [1.29, 1.82) is 0 Å². The van der Waals surface area contributed by atoms with Gasteiger partial charge in [0, 0.05) is 19.6 Å². The minimum Gasteiger partial charge on any atom is -0.444 e. The number of unbranched alkanes of at least 4 members (excludes halogenated alkanes) is 1. The Morgan fingerprint density at radius 2 is 2.06 bits per heavy atom. The molecule has 0 bridgehead atoms. The molecular formula is C12H24N2O2. The fraction of sp³-hybridized carbons (Fsp3) is 0.917. The zero-order valence-electron chi connectivity index (χ0n) is 10.9. The molecule has 4 heteroatoms. The molecule has 0 spiro atoms. The Labute approximate surface area is 98.3 Å². The zero-order chi connectivity index (χ0) is 12.2. The van der Waals surface area contributed by atoms with Crippen LogP contribution in [0.5, 0.6) is 0 Å². The molecule has 4 nitrogen and oxygen atoms in total. The Morgan fingerprint density at radius 3 is 2.44 bits per heavy atom. The molecular weight excluding hydrogens is 204 g/mol. The average Bonchev–Trinajstić information content (AvgIpc) is 2.05. The van der Waals surface area contributed by atoms with Gasteiger partial charge in [0.25, 0.3) is 0 Å². The summed E-state index contributed by atoms with van der Waals surface area (Å²) in [5.74, 6) is 0. The molecule has 94 valence electrons. The van der Waals surface area contributed by atoms with Crippen LogP contribution in [0.2, 0.25) is 0 Å². The lowest BCUT2D eigenvalue weighted by Gasteiger charge is -2.38. The molecule has 1 N–H and O–H groups in total. The lowest BCUT2D eigenvalue weighted by molar-refractivity contribution is 0.0101. The summed E-state index contributed by atoms with van der Waals surface area (Å²) in [6, 6.07) is 0.321. The number of rotatable bonds is 4. The van der Waals surface area contributed by atoms with E-state index in [9.17, 15) is 4.79 Å². The van der Waals surface area contributed by atoms with E-state index < -0.39 is 5.60 Å². The van der Waals surface area contributed by atoms with E-state index in [4.69, 9.17) is 4.74 Å². The van der Waals surface area contributed by atoms with Gasteiger partial charge in [0.1, 0.15) is 5.60 Å². The van der Waals surface area contributed by atoms with E-state index in [0.717, 1.165) is 32.5 Å². The van der Waals surface area contributed by atoms with Gasteiger partial charge in [-0.3, -0.25) is 0 Å². The SMILES string of the molecule is CCCCN(C(=O)OC(C)(C)C)C1CNC1. The maximum absolute atomic E-state index is 12.0. The van der Waals surface area contributed by atoms with Crippen LogP contribution < -0.4 is 5.32 Å². The van der Waals surface area contributed by atoms with Crippen LogP contribution >= 0.6 is 0 Å². The molecule has 0 saturated carbocycles. The number of amides is 1. The van der Waals surface area contributed by atoms with Gasteiger partial charge in [-0.15, -0.1) is 0 Å². The van der Waals surface area contributed by atoms with Crippen molar-refractivity contribution in [2.24, 2.45) is 0 Å². The number of hydrogen-bond acceptors (Lipinski definition) is 3. The molecule has 1 rings (SSSR count). The van der Waals surface area contributed by atoms with Crippen molar-refractivity contribution in [3.63, 3.8) is 0 Å². The molecule has 0 aromatic heterocycles. The van der Waals surface area contributed by atoms with E-state index in [0.29, 0.717) is 6.04 Å². The number of nitrogens with one attached hydrogen (secondary N) is 1. The molecule has 0 radical (unpaired) electrons. The molecule has 0 unspecified atom stereocenters. The highest BCUT2D eigenvalue weighted by Crippen LogP contribution is 2.14. The van der Waals surface area contributed by atoms with Crippen molar-refractivity contribution in [2.45, 2.75) is 52.2 Å². The summed E-state index contributed by atoms with van der Waals surface area (Å²) in [6.07, 6.45) is 1.96. The second kappa shape index (κ2) is 5.53. The van der Waals surface area contributed by atoms with E-state index in [1.165, 1.54) is 0 Å². The number of carbonyl (C=O) groups excluding carboxylic acids is 1. The molecule has 1 aliphatic rings. The Bertz CT molecular complexity index is 232. The van der Waals surface area contributed by atoms with Gasteiger partial charge in [0.15, 0.2) is 0 Å². The molecule has 1 amide bonds. The summed E-state index contributed by atoms with van der Waals surface area (Å²) in [4.78, 5) is 13.8. The molecule has 1 fully saturated rings. The van der Waals surface area contributed by atoms with Crippen LogP contribution in [0.4, 0.5) is 4.79 Å². The number of nitrogens with zero attached hydrogens (tertiary/aromatic N) is 1. The Balaban J connectivity index is 2.50. The minimum absolute atomic E-state index is 0.174. The van der Waals surface area contributed by atoms with E-state index in [2.05, 4.69) is 12.2 Å². The molecule has 1 heterocycles. The van der Waals surface area contributed by atoms with Gasteiger partial charge >= 0.3 is 6.09 Å². The minimum atomic E-state index is -0.404. The monoisotopic (exact) mass is 228 g/mol. The average molecular weight is 228 g/mol. The second-order valence-corrected chi connectivity index (χ2v) is 5.34. The summed E-state index contributed by atoms with van der Waals surface area (Å²) in [5, 5.41) is 3.19. The predicted molar refractivity (Wildman–Crippen MR) is 64.5 cm³/mol. The van der Waals surface area contributed by atoms with Crippen molar-refractivity contribution in [3.8, 4) is 0 Å². The summed E-state index contributed by atoms with van der Waals surface area (Å²) in [7, 11) is 0. The van der Waals surface area contributed by atoms with Crippen LogP contribution in [0.25, 0.3) is 0 Å². The number of carbonyl (C=O) groups is 1. The summed E-state index contributed by atoms with van der Waals surface area (Å²) < 4.78 is 5.41. The molecule has 0 atom stereocenters. The summed E-state index contributed by atoms with van der Waals surface area (Å²) in [5.41, 5.74) is -0.404. The van der Waals surface area contributed by atoms with Gasteiger partial charge in [-0.2, -0.15) is 0 Å². The van der Waals surface area contributed by atoms with Crippen molar-refractivity contribution in [2.75, 3.05) is 19.6 Å². The summed E-state index contributed by atoms with van der Waals surface area (Å²) in [6.45, 7) is 10.4. The molecule has 1 saturated heterocycles. The van der Waals surface area contributed by atoms with Crippen molar-refractivity contribution in [3.05, 3.63) is 0 Å². The van der Waals surface area contributed by atoms with Crippen molar-refractivity contribution >= 4 is 6.09 Å².